The lowest BCUT2D eigenvalue weighted by Crippen LogP contribution is -1.81. The number of ether oxygens (including phenoxy) is 1. The number of fused-ring (bicyclic) bond motifs is 1. The van der Waals surface area contributed by atoms with Crippen LogP contribution in [0.5, 0.6) is 5.75 Å². The van der Waals surface area contributed by atoms with Gasteiger partial charge < -0.3 is 4.74 Å². The lowest BCUT2D eigenvalue weighted by molar-refractivity contribution is 0.415. The molecule has 1 aromatic carbocycles. The molecule has 0 aliphatic carbocycles. The van der Waals surface area contributed by atoms with Crippen molar-refractivity contribution in [1.29, 1.82) is 0 Å². The van der Waals surface area contributed by atoms with E-state index in [1.807, 2.05) is 6.07 Å². The summed E-state index contributed by atoms with van der Waals surface area (Å²) in [6.07, 6.45) is 0. The standard InChI is InChI=1S/C9H6BrIOS/c1-12-6-2-5-3-8(11)13-9(5)7(10)4-6/h2-4H,1H3. The minimum atomic E-state index is 0.897. The normalized spacial score (nSPS) is 10.7. The molecule has 0 saturated heterocycles. The molecule has 0 unspecified atom stereocenters. The number of hydrogen-bond donors (Lipinski definition) is 0. The molecule has 68 valence electrons. The first-order valence-corrected chi connectivity index (χ1v) is 6.32. The SMILES string of the molecule is COc1cc(Br)c2sc(I)cc2c1. The molecular weight excluding hydrogens is 363 g/mol. The minimum Gasteiger partial charge on any atom is -0.497 e. The number of rotatable bonds is 1. The molecule has 2 rings (SSSR count). The Morgan fingerprint density at radius 2 is 2.15 bits per heavy atom. The van der Waals surface area contributed by atoms with Gasteiger partial charge in [-0.15, -0.1) is 11.3 Å². The van der Waals surface area contributed by atoms with Crippen molar-refractivity contribution >= 4 is 59.9 Å². The second-order valence-electron chi connectivity index (χ2n) is 2.58. The van der Waals surface area contributed by atoms with Gasteiger partial charge in [-0.1, -0.05) is 0 Å². The van der Waals surface area contributed by atoms with Gasteiger partial charge in [-0.2, -0.15) is 0 Å². The Bertz CT molecular complexity index is 452. The minimum absolute atomic E-state index is 0.897. The van der Waals surface area contributed by atoms with Crippen LogP contribution >= 0.6 is 49.9 Å². The van der Waals surface area contributed by atoms with Crippen molar-refractivity contribution in [2.24, 2.45) is 0 Å². The van der Waals surface area contributed by atoms with Crippen LogP contribution in [-0.2, 0) is 0 Å². The van der Waals surface area contributed by atoms with Crippen LogP contribution in [0.25, 0.3) is 10.1 Å². The van der Waals surface area contributed by atoms with Gasteiger partial charge in [0.15, 0.2) is 0 Å². The van der Waals surface area contributed by atoms with Crippen LogP contribution in [0.1, 0.15) is 0 Å². The van der Waals surface area contributed by atoms with Gasteiger partial charge in [-0.3, -0.25) is 0 Å². The molecule has 0 amide bonds. The lowest BCUT2D eigenvalue weighted by atomic mass is 10.2. The van der Waals surface area contributed by atoms with Gasteiger partial charge in [0.1, 0.15) is 5.75 Å². The number of hydrogen-bond acceptors (Lipinski definition) is 2. The summed E-state index contributed by atoms with van der Waals surface area (Å²) in [7, 11) is 1.69. The molecule has 1 aromatic heterocycles. The molecule has 0 atom stereocenters. The summed E-state index contributed by atoms with van der Waals surface area (Å²) in [5.74, 6) is 0.897. The highest BCUT2D eigenvalue weighted by molar-refractivity contribution is 14.1. The third-order valence-electron chi connectivity index (χ3n) is 1.75. The molecule has 0 N–H and O–H groups in total. The summed E-state index contributed by atoms with van der Waals surface area (Å²) in [5, 5.41) is 1.24. The van der Waals surface area contributed by atoms with Crippen molar-refractivity contribution in [2.45, 2.75) is 0 Å². The van der Waals surface area contributed by atoms with Crippen LogP contribution in [0.15, 0.2) is 22.7 Å². The first kappa shape index (κ1) is 9.73. The van der Waals surface area contributed by atoms with E-state index >= 15 is 0 Å². The van der Waals surface area contributed by atoms with Gasteiger partial charge in [0.05, 0.1) is 9.99 Å². The van der Waals surface area contributed by atoms with Gasteiger partial charge in [0.25, 0.3) is 0 Å². The Kier molecular flexibility index (Phi) is 2.80. The van der Waals surface area contributed by atoms with Crippen LogP contribution < -0.4 is 4.74 Å². The van der Waals surface area contributed by atoms with Crippen molar-refractivity contribution in [2.75, 3.05) is 7.11 Å². The zero-order valence-electron chi connectivity index (χ0n) is 6.80. The second-order valence-corrected chi connectivity index (χ2v) is 6.38. The number of halogens is 2. The average Bonchev–Trinajstić information content (AvgIpc) is 2.46. The van der Waals surface area contributed by atoms with E-state index in [-0.39, 0.29) is 0 Å². The molecule has 0 fully saturated rings. The molecule has 0 bridgehead atoms. The Hall–Kier alpha value is 0.190. The third-order valence-corrected chi connectivity index (χ3v) is 4.58. The fourth-order valence-corrected chi connectivity index (χ4v) is 3.64. The molecule has 2 aromatic rings. The van der Waals surface area contributed by atoms with E-state index in [9.17, 15) is 0 Å². The van der Waals surface area contributed by atoms with E-state index < -0.39 is 0 Å². The molecule has 0 saturated carbocycles. The molecule has 0 aliphatic heterocycles. The monoisotopic (exact) mass is 368 g/mol. The van der Waals surface area contributed by atoms with E-state index in [1.165, 1.54) is 13.0 Å². The summed E-state index contributed by atoms with van der Waals surface area (Å²) in [6.45, 7) is 0. The van der Waals surface area contributed by atoms with E-state index in [0.29, 0.717) is 0 Å². The Labute approximate surface area is 102 Å². The van der Waals surface area contributed by atoms with Crippen LogP contribution in [0.2, 0.25) is 0 Å². The van der Waals surface area contributed by atoms with E-state index in [1.54, 1.807) is 18.4 Å². The van der Waals surface area contributed by atoms with Crippen LogP contribution in [-0.4, -0.2) is 7.11 Å². The van der Waals surface area contributed by atoms with Gasteiger partial charge in [-0.05, 0) is 62.1 Å². The Morgan fingerprint density at radius 3 is 2.85 bits per heavy atom. The highest BCUT2D eigenvalue weighted by atomic mass is 127. The first-order chi connectivity index (χ1) is 6.20. The predicted octanol–water partition coefficient (Wildman–Crippen LogP) is 4.28. The van der Waals surface area contributed by atoms with Gasteiger partial charge >= 0.3 is 0 Å². The maximum atomic E-state index is 5.18. The molecule has 1 heterocycles. The second kappa shape index (κ2) is 3.74. The highest BCUT2D eigenvalue weighted by Gasteiger charge is 2.05. The van der Waals surface area contributed by atoms with Crippen molar-refractivity contribution in [1.82, 2.24) is 0 Å². The fourth-order valence-electron chi connectivity index (χ4n) is 1.17. The summed E-state index contributed by atoms with van der Waals surface area (Å²) >= 11 is 7.64. The Balaban J connectivity index is 2.75. The van der Waals surface area contributed by atoms with Crippen LogP contribution in [0.4, 0.5) is 0 Å². The van der Waals surface area contributed by atoms with Crippen LogP contribution in [0.3, 0.4) is 0 Å². The van der Waals surface area contributed by atoms with Gasteiger partial charge in [-0.25, -0.2) is 0 Å². The topological polar surface area (TPSA) is 9.23 Å². The Morgan fingerprint density at radius 1 is 1.38 bits per heavy atom. The maximum Gasteiger partial charge on any atom is 0.120 e. The fraction of sp³-hybridized carbons (Fsp3) is 0.111. The molecule has 13 heavy (non-hydrogen) atoms. The zero-order valence-corrected chi connectivity index (χ0v) is 11.4. The lowest BCUT2D eigenvalue weighted by Gasteiger charge is -2.00. The van der Waals surface area contributed by atoms with Crippen LogP contribution in [0, 0.1) is 2.88 Å². The number of thiophene rings is 1. The van der Waals surface area contributed by atoms with Crippen molar-refractivity contribution in [3.8, 4) is 5.75 Å². The molecule has 0 aliphatic rings. The van der Waals surface area contributed by atoms with E-state index in [0.717, 1.165) is 10.2 Å². The van der Waals surface area contributed by atoms with E-state index in [2.05, 4.69) is 50.7 Å². The van der Waals surface area contributed by atoms with Gasteiger partial charge in [0, 0.05) is 9.17 Å². The molecule has 0 spiro atoms. The summed E-state index contributed by atoms with van der Waals surface area (Å²) in [4.78, 5) is 0. The van der Waals surface area contributed by atoms with E-state index in [4.69, 9.17) is 4.74 Å². The highest BCUT2D eigenvalue weighted by Crippen LogP contribution is 2.35. The summed E-state index contributed by atoms with van der Waals surface area (Å²) < 4.78 is 8.87. The largest absolute Gasteiger partial charge is 0.497 e. The third kappa shape index (κ3) is 1.85. The molecule has 1 nitrogen and oxygen atoms in total. The quantitative estimate of drug-likeness (QED) is 0.683. The predicted molar refractivity (Wildman–Crippen MR) is 68.8 cm³/mol. The number of methoxy groups -OCH3 is 1. The van der Waals surface area contributed by atoms with Crippen molar-refractivity contribution in [3.05, 3.63) is 25.6 Å². The maximum absolute atomic E-state index is 5.18. The average molecular weight is 369 g/mol. The van der Waals surface area contributed by atoms with Crippen molar-refractivity contribution in [3.63, 3.8) is 0 Å². The smallest absolute Gasteiger partial charge is 0.120 e. The van der Waals surface area contributed by atoms with Gasteiger partial charge in [0.2, 0.25) is 0 Å². The molecule has 4 heteroatoms. The molecular formula is C9H6BrIOS. The summed E-state index contributed by atoms with van der Waals surface area (Å²) in [6, 6.07) is 6.21. The molecule has 0 radical (unpaired) electrons. The first-order valence-electron chi connectivity index (χ1n) is 3.63. The number of benzene rings is 1. The zero-order chi connectivity index (χ0) is 9.42. The summed E-state index contributed by atoms with van der Waals surface area (Å²) in [5.41, 5.74) is 0. The van der Waals surface area contributed by atoms with Crippen molar-refractivity contribution < 1.29 is 4.74 Å².